The summed E-state index contributed by atoms with van der Waals surface area (Å²) in [4.78, 5) is 12.4. The van der Waals surface area contributed by atoms with Crippen LogP contribution in [0.2, 0.25) is 5.02 Å². The number of anilines is 2. The highest BCUT2D eigenvalue weighted by atomic mass is 35.5. The van der Waals surface area contributed by atoms with Gasteiger partial charge in [0, 0.05) is 29.5 Å². The first-order valence-electron chi connectivity index (χ1n) is 8.76. The van der Waals surface area contributed by atoms with E-state index >= 15 is 0 Å². The van der Waals surface area contributed by atoms with Crippen LogP contribution in [0.15, 0.2) is 47.4 Å². The van der Waals surface area contributed by atoms with Gasteiger partial charge in [0.05, 0.1) is 11.4 Å². The van der Waals surface area contributed by atoms with Gasteiger partial charge in [-0.2, -0.15) is 4.31 Å². The van der Waals surface area contributed by atoms with E-state index in [1.165, 1.54) is 10.4 Å². The number of carbonyl (C=O) groups excluding carboxylic acids is 1. The highest BCUT2D eigenvalue weighted by Gasteiger charge is 2.27. The second-order valence-electron chi connectivity index (χ2n) is 6.50. The molecule has 0 radical (unpaired) electrons. The SMILES string of the molecule is Cc1ccc(Cl)cc1NCC(=O)Nc1cccc(S(=O)(=O)N2CCCC2)c1. The molecule has 27 heavy (non-hydrogen) atoms. The van der Waals surface area contributed by atoms with Crippen LogP contribution in [0.25, 0.3) is 0 Å². The minimum Gasteiger partial charge on any atom is -0.376 e. The lowest BCUT2D eigenvalue weighted by molar-refractivity contribution is -0.114. The molecule has 3 rings (SSSR count). The Morgan fingerprint density at radius 3 is 2.63 bits per heavy atom. The third kappa shape index (κ3) is 4.80. The maximum Gasteiger partial charge on any atom is 0.243 e. The molecule has 2 aromatic rings. The Balaban J connectivity index is 1.65. The van der Waals surface area contributed by atoms with Crippen LogP contribution >= 0.6 is 11.6 Å². The van der Waals surface area contributed by atoms with Crippen molar-refractivity contribution < 1.29 is 13.2 Å². The molecule has 0 spiro atoms. The van der Waals surface area contributed by atoms with Gasteiger partial charge in [-0.15, -0.1) is 0 Å². The van der Waals surface area contributed by atoms with Crippen LogP contribution in [0, 0.1) is 6.92 Å². The van der Waals surface area contributed by atoms with E-state index in [9.17, 15) is 13.2 Å². The number of sulfonamides is 1. The molecule has 0 atom stereocenters. The predicted octanol–water partition coefficient (Wildman–Crippen LogP) is 3.48. The van der Waals surface area contributed by atoms with E-state index in [1.807, 2.05) is 13.0 Å². The third-order valence-corrected chi connectivity index (χ3v) is 6.59. The summed E-state index contributed by atoms with van der Waals surface area (Å²) < 4.78 is 26.8. The first-order valence-corrected chi connectivity index (χ1v) is 10.6. The first kappa shape index (κ1) is 19.7. The normalized spacial score (nSPS) is 14.9. The van der Waals surface area contributed by atoms with Gasteiger partial charge in [-0.3, -0.25) is 4.79 Å². The Kier molecular flexibility index (Phi) is 6.04. The number of nitrogens with one attached hydrogen (secondary N) is 2. The van der Waals surface area contributed by atoms with E-state index in [0.717, 1.165) is 24.1 Å². The number of rotatable bonds is 6. The van der Waals surface area contributed by atoms with Crippen LogP contribution in [0.1, 0.15) is 18.4 Å². The molecule has 1 aliphatic rings. The molecule has 1 saturated heterocycles. The number of hydrogen-bond donors (Lipinski definition) is 2. The minimum atomic E-state index is -3.51. The molecular formula is C19H22ClN3O3S. The maximum absolute atomic E-state index is 12.6. The van der Waals surface area contributed by atoms with Crippen molar-refractivity contribution in [1.82, 2.24) is 4.31 Å². The van der Waals surface area contributed by atoms with Gasteiger partial charge in [0.1, 0.15) is 0 Å². The number of halogens is 1. The summed E-state index contributed by atoms with van der Waals surface area (Å²) in [6, 6.07) is 11.8. The average molecular weight is 408 g/mol. The van der Waals surface area contributed by atoms with E-state index in [-0.39, 0.29) is 17.3 Å². The summed E-state index contributed by atoms with van der Waals surface area (Å²) in [7, 11) is -3.51. The van der Waals surface area contributed by atoms with Gasteiger partial charge in [-0.05, 0) is 55.7 Å². The van der Waals surface area contributed by atoms with Gasteiger partial charge in [0.2, 0.25) is 15.9 Å². The van der Waals surface area contributed by atoms with Gasteiger partial charge in [-0.25, -0.2) is 8.42 Å². The molecule has 1 fully saturated rings. The zero-order chi connectivity index (χ0) is 19.4. The van der Waals surface area contributed by atoms with Crippen molar-refractivity contribution in [2.24, 2.45) is 0 Å². The Labute approximate surface area is 164 Å². The molecule has 1 heterocycles. The smallest absolute Gasteiger partial charge is 0.243 e. The lowest BCUT2D eigenvalue weighted by Gasteiger charge is -2.16. The number of carbonyl (C=O) groups is 1. The molecule has 0 saturated carbocycles. The van der Waals surface area contributed by atoms with Crippen molar-refractivity contribution in [3.8, 4) is 0 Å². The molecule has 144 valence electrons. The molecule has 0 aliphatic carbocycles. The Morgan fingerprint density at radius 2 is 1.89 bits per heavy atom. The molecule has 8 heteroatoms. The summed E-state index contributed by atoms with van der Waals surface area (Å²) >= 11 is 5.97. The van der Waals surface area contributed by atoms with Crippen molar-refractivity contribution in [3.05, 3.63) is 53.1 Å². The molecule has 2 N–H and O–H groups in total. The molecule has 0 aromatic heterocycles. The zero-order valence-electron chi connectivity index (χ0n) is 15.0. The van der Waals surface area contributed by atoms with Crippen LogP contribution in [0.3, 0.4) is 0 Å². The molecule has 1 amide bonds. The number of aryl methyl sites for hydroxylation is 1. The Hall–Kier alpha value is -2.09. The monoisotopic (exact) mass is 407 g/mol. The average Bonchev–Trinajstić information content (AvgIpc) is 3.18. The second kappa shape index (κ2) is 8.29. The van der Waals surface area contributed by atoms with Crippen LogP contribution in [0.4, 0.5) is 11.4 Å². The zero-order valence-corrected chi connectivity index (χ0v) is 16.6. The summed E-state index contributed by atoms with van der Waals surface area (Å²) in [5, 5.41) is 6.36. The number of benzene rings is 2. The Bertz CT molecular complexity index is 941. The number of hydrogen-bond acceptors (Lipinski definition) is 4. The number of amides is 1. The van der Waals surface area contributed by atoms with Crippen LogP contribution in [0.5, 0.6) is 0 Å². The van der Waals surface area contributed by atoms with Gasteiger partial charge >= 0.3 is 0 Å². The fourth-order valence-electron chi connectivity index (χ4n) is 2.98. The van der Waals surface area contributed by atoms with Crippen molar-refractivity contribution in [1.29, 1.82) is 0 Å². The fraction of sp³-hybridized carbons (Fsp3) is 0.316. The molecule has 1 aliphatic heterocycles. The maximum atomic E-state index is 12.6. The van der Waals surface area contributed by atoms with Crippen molar-refractivity contribution in [2.45, 2.75) is 24.7 Å². The molecule has 0 unspecified atom stereocenters. The number of nitrogens with zero attached hydrogens (tertiary/aromatic N) is 1. The van der Waals surface area contributed by atoms with Crippen molar-refractivity contribution in [3.63, 3.8) is 0 Å². The highest BCUT2D eigenvalue weighted by molar-refractivity contribution is 7.89. The van der Waals surface area contributed by atoms with E-state index in [2.05, 4.69) is 10.6 Å². The van der Waals surface area contributed by atoms with Crippen LogP contribution in [-0.4, -0.2) is 38.3 Å². The molecular weight excluding hydrogens is 386 g/mol. The van der Waals surface area contributed by atoms with Crippen molar-refractivity contribution in [2.75, 3.05) is 30.3 Å². The summed E-state index contributed by atoms with van der Waals surface area (Å²) in [5.74, 6) is -0.273. The summed E-state index contributed by atoms with van der Waals surface area (Å²) in [6.45, 7) is 3.05. The summed E-state index contributed by atoms with van der Waals surface area (Å²) in [6.07, 6.45) is 1.76. The highest BCUT2D eigenvalue weighted by Crippen LogP contribution is 2.23. The first-order chi connectivity index (χ1) is 12.9. The minimum absolute atomic E-state index is 0.0459. The molecule has 6 nitrogen and oxygen atoms in total. The van der Waals surface area contributed by atoms with Crippen LogP contribution in [-0.2, 0) is 14.8 Å². The molecule has 2 aromatic carbocycles. The standard InChI is InChI=1S/C19H22ClN3O3S/c1-14-7-8-15(20)11-18(14)21-13-19(24)22-16-5-4-6-17(12-16)27(25,26)23-9-2-3-10-23/h4-8,11-12,21H,2-3,9-10,13H2,1H3,(H,22,24). The largest absolute Gasteiger partial charge is 0.376 e. The van der Waals surface area contributed by atoms with Gasteiger partial charge in [0.25, 0.3) is 0 Å². The van der Waals surface area contributed by atoms with E-state index < -0.39 is 10.0 Å². The van der Waals surface area contributed by atoms with E-state index in [0.29, 0.717) is 23.8 Å². The second-order valence-corrected chi connectivity index (χ2v) is 8.87. The quantitative estimate of drug-likeness (QED) is 0.768. The molecule has 0 bridgehead atoms. The van der Waals surface area contributed by atoms with E-state index in [1.54, 1.807) is 30.3 Å². The van der Waals surface area contributed by atoms with E-state index in [4.69, 9.17) is 11.6 Å². The van der Waals surface area contributed by atoms with Crippen molar-refractivity contribution >= 4 is 38.9 Å². The lowest BCUT2D eigenvalue weighted by Crippen LogP contribution is -2.28. The Morgan fingerprint density at radius 1 is 1.15 bits per heavy atom. The van der Waals surface area contributed by atoms with Gasteiger partial charge in [0.15, 0.2) is 0 Å². The topological polar surface area (TPSA) is 78.5 Å². The third-order valence-electron chi connectivity index (χ3n) is 4.46. The fourth-order valence-corrected chi connectivity index (χ4v) is 4.71. The van der Waals surface area contributed by atoms with Gasteiger partial charge in [-0.1, -0.05) is 23.7 Å². The predicted molar refractivity (Wildman–Crippen MR) is 108 cm³/mol. The summed E-state index contributed by atoms with van der Waals surface area (Å²) in [5.41, 5.74) is 2.21. The lowest BCUT2D eigenvalue weighted by atomic mass is 10.2. The van der Waals surface area contributed by atoms with Gasteiger partial charge < -0.3 is 10.6 Å². The van der Waals surface area contributed by atoms with Crippen LogP contribution < -0.4 is 10.6 Å².